The largest absolute Gasteiger partial charge is 0.462 e. The molecule has 0 aliphatic heterocycles. The second-order valence-corrected chi connectivity index (χ2v) is 10.3. The zero-order valence-electron chi connectivity index (χ0n) is 27.3. The number of esters is 4. The monoisotopic (exact) mass is 664 g/mol. The van der Waals surface area contributed by atoms with E-state index in [-0.39, 0.29) is 91.9 Å². The van der Waals surface area contributed by atoms with Crippen LogP contribution in [0.25, 0.3) is 0 Å². The molecule has 0 spiro atoms. The topological polar surface area (TPSA) is 177 Å². The number of aliphatic hydroxyl groups excluding tert-OH is 1. The van der Waals surface area contributed by atoms with Gasteiger partial charge in [0, 0.05) is 19.3 Å². The minimum atomic E-state index is -0.591. The van der Waals surface area contributed by atoms with E-state index in [4.69, 9.17) is 24.1 Å². The van der Waals surface area contributed by atoms with Gasteiger partial charge in [-0.3, -0.25) is 14.4 Å². The summed E-state index contributed by atoms with van der Waals surface area (Å²) in [7, 11) is 0. The number of rotatable bonds is 18. The van der Waals surface area contributed by atoms with Crippen molar-refractivity contribution in [3.8, 4) is 0 Å². The predicted octanol–water partition coefficient (Wildman–Crippen LogP) is 4.60. The van der Waals surface area contributed by atoms with Gasteiger partial charge in [0.15, 0.2) is 17.3 Å². The van der Waals surface area contributed by atoms with E-state index in [0.29, 0.717) is 16.7 Å². The van der Waals surface area contributed by atoms with E-state index in [2.05, 4.69) is 19.7 Å². The molecule has 0 saturated heterocycles. The lowest BCUT2D eigenvalue weighted by Crippen LogP contribution is -2.12. The molecule has 0 radical (unpaired) electrons. The summed E-state index contributed by atoms with van der Waals surface area (Å²) in [5.41, 5.74) is 2.28. The lowest BCUT2D eigenvalue weighted by Gasteiger charge is -2.06. The highest BCUT2D eigenvalue weighted by atomic mass is 16.5. The molecule has 0 fully saturated rings. The van der Waals surface area contributed by atoms with Crippen molar-refractivity contribution in [2.75, 3.05) is 33.0 Å². The summed E-state index contributed by atoms with van der Waals surface area (Å²) in [6.45, 7) is 14.9. The molecule has 0 aliphatic rings. The molecule has 0 atom stereocenters. The first-order valence-corrected chi connectivity index (χ1v) is 14.7. The van der Waals surface area contributed by atoms with Gasteiger partial charge in [0.25, 0.3) is 0 Å². The molecule has 2 aromatic rings. The van der Waals surface area contributed by atoms with E-state index in [1.807, 2.05) is 0 Å². The fourth-order valence-electron chi connectivity index (χ4n) is 3.31. The van der Waals surface area contributed by atoms with E-state index >= 15 is 0 Å². The molecular formula is C36H40O12. The first kappa shape index (κ1) is 40.5. The Balaban J connectivity index is 0.000000487. The van der Waals surface area contributed by atoms with Crippen molar-refractivity contribution in [3.63, 3.8) is 0 Å². The standard InChI is InChI=1S/C20H22O6.C16H18O6/c1-13(2)17(21)9-11-25-19(23)15-5-7-16(8-6-15)20(24)26-12-10-18(22)14(3)4;1-11(2)14(18)7-9-21-15(19)12-3-5-13(6-4-12)16(20)22-10-8-17/h5-8H,1,3,9-12H2,2,4H3;3-6,17H,1,7-10H2,2H3. The minimum absolute atomic E-state index is 0.0230. The third kappa shape index (κ3) is 15.2. The number of allylic oxidation sites excluding steroid dienone is 3. The van der Waals surface area contributed by atoms with Gasteiger partial charge >= 0.3 is 23.9 Å². The van der Waals surface area contributed by atoms with E-state index in [1.165, 1.54) is 48.5 Å². The molecule has 48 heavy (non-hydrogen) atoms. The first-order chi connectivity index (χ1) is 22.7. The molecule has 12 heteroatoms. The van der Waals surface area contributed by atoms with E-state index < -0.39 is 23.9 Å². The Morgan fingerprint density at radius 1 is 0.458 bits per heavy atom. The Bertz CT molecular complexity index is 1450. The van der Waals surface area contributed by atoms with Crippen molar-refractivity contribution in [1.82, 2.24) is 0 Å². The quantitative estimate of drug-likeness (QED) is 0.133. The summed E-state index contributed by atoms with van der Waals surface area (Å²) < 4.78 is 19.7. The van der Waals surface area contributed by atoms with Gasteiger partial charge in [-0.05, 0) is 86.0 Å². The smallest absolute Gasteiger partial charge is 0.338 e. The molecule has 0 unspecified atom stereocenters. The van der Waals surface area contributed by atoms with Gasteiger partial charge in [-0.1, -0.05) is 19.7 Å². The van der Waals surface area contributed by atoms with Gasteiger partial charge < -0.3 is 24.1 Å². The van der Waals surface area contributed by atoms with Crippen LogP contribution >= 0.6 is 0 Å². The van der Waals surface area contributed by atoms with Gasteiger partial charge in [-0.15, -0.1) is 0 Å². The minimum Gasteiger partial charge on any atom is -0.462 e. The molecule has 0 saturated carbocycles. The second-order valence-electron chi connectivity index (χ2n) is 10.3. The zero-order chi connectivity index (χ0) is 36.2. The Hall–Kier alpha value is -5.49. The maximum atomic E-state index is 11.9. The molecule has 12 nitrogen and oxygen atoms in total. The van der Waals surface area contributed by atoms with Gasteiger partial charge in [0.1, 0.15) is 6.61 Å². The molecule has 0 aromatic heterocycles. The highest BCUT2D eigenvalue weighted by Crippen LogP contribution is 2.10. The van der Waals surface area contributed by atoms with E-state index in [9.17, 15) is 33.6 Å². The number of aliphatic hydroxyl groups is 1. The molecule has 2 aromatic carbocycles. The SMILES string of the molecule is C=C(C)C(=O)CCOC(=O)c1ccc(C(=O)OCCC(=O)C(=C)C)cc1.C=C(C)C(=O)CCOC(=O)c1ccc(C(=O)OCCO)cc1. The van der Waals surface area contributed by atoms with Crippen LogP contribution in [-0.4, -0.2) is 79.4 Å². The average molecular weight is 665 g/mol. The lowest BCUT2D eigenvalue weighted by molar-refractivity contribution is -0.117. The summed E-state index contributed by atoms with van der Waals surface area (Å²) in [6.07, 6.45) is 0.245. The lowest BCUT2D eigenvalue weighted by atomic mass is 10.1. The summed E-state index contributed by atoms with van der Waals surface area (Å²) >= 11 is 0. The Morgan fingerprint density at radius 3 is 0.854 bits per heavy atom. The Kier molecular flexibility index (Phi) is 18.0. The molecule has 0 amide bonds. The maximum Gasteiger partial charge on any atom is 0.338 e. The van der Waals surface area contributed by atoms with E-state index in [1.54, 1.807) is 20.8 Å². The Labute approximate surface area is 279 Å². The third-order valence-electron chi connectivity index (χ3n) is 6.15. The van der Waals surface area contributed by atoms with Crippen molar-refractivity contribution >= 4 is 41.2 Å². The number of carbonyl (C=O) groups excluding carboxylic acids is 7. The van der Waals surface area contributed by atoms with Gasteiger partial charge in [0.2, 0.25) is 0 Å². The number of ether oxygens (including phenoxy) is 4. The van der Waals surface area contributed by atoms with Crippen molar-refractivity contribution in [2.45, 2.75) is 40.0 Å². The highest BCUT2D eigenvalue weighted by Gasteiger charge is 2.14. The van der Waals surface area contributed by atoms with Gasteiger partial charge in [-0.2, -0.15) is 0 Å². The van der Waals surface area contributed by atoms with E-state index in [0.717, 1.165) is 0 Å². The normalized spacial score (nSPS) is 9.92. The number of ketones is 3. The van der Waals surface area contributed by atoms with Gasteiger partial charge in [-0.25, -0.2) is 19.2 Å². The maximum absolute atomic E-state index is 11.9. The zero-order valence-corrected chi connectivity index (χ0v) is 27.3. The highest BCUT2D eigenvalue weighted by molar-refractivity contribution is 5.97. The van der Waals surface area contributed by atoms with Crippen LogP contribution in [0.4, 0.5) is 0 Å². The van der Waals surface area contributed by atoms with Crippen LogP contribution in [0.15, 0.2) is 85.0 Å². The molecule has 1 N–H and O–H groups in total. The summed E-state index contributed by atoms with van der Waals surface area (Å²) in [5.74, 6) is -2.83. The number of hydrogen-bond acceptors (Lipinski definition) is 12. The molecular weight excluding hydrogens is 624 g/mol. The van der Waals surface area contributed by atoms with Crippen LogP contribution in [0.3, 0.4) is 0 Å². The average Bonchev–Trinajstić information content (AvgIpc) is 3.06. The molecule has 0 heterocycles. The summed E-state index contributed by atoms with van der Waals surface area (Å²) in [5, 5.41) is 8.57. The van der Waals surface area contributed by atoms with Crippen LogP contribution in [0.2, 0.25) is 0 Å². The Morgan fingerprint density at radius 2 is 0.667 bits per heavy atom. The fraction of sp³-hybridized carbons (Fsp3) is 0.306. The second kappa shape index (κ2) is 21.3. The summed E-state index contributed by atoms with van der Waals surface area (Å²) in [6, 6.07) is 11.4. The van der Waals surface area contributed by atoms with Crippen LogP contribution in [-0.2, 0) is 33.3 Å². The fourth-order valence-corrected chi connectivity index (χ4v) is 3.31. The van der Waals surface area contributed by atoms with Crippen molar-refractivity contribution < 1.29 is 57.6 Å². The number of hydrogen-bond donors (Lipinski definition) is 1. The van der Waals surface area contributed by atoms with Gasteiger partial charge in [0.05, 0.1) is 48.7 Å². The van der Waals surface area contributed by atoms with Crippen molar-refractivity contribution in [1.29, 1.82) is 0 Å². The third-order valence-corrected chi connectivity index (χ3v) is 6.15. The van der Waals surface area contributed by atoms with Crippen molar-refractivity contribution in [3.05, 3.63) is 107 Å². The van der Waals surface area contributed by atoms with Crippen LogP contribution < -0.4 is 0 Å². The number of Topliss-reactive ketones (excluding diaryl/α,β-unsaturated/α-hetero) is 3. The van der Waals surface area contributed by atoms with Crippen LogP contribution in [0, 0.1) is 0 Å². The first-order valence-electron chi connectivity index (χ1n) is 14.7. The van der Waals surface area contributed by atoms with Crippen molar-refractivity contribution in [2.24, 2.45) is 0 Å². The molecule has 0 bridgehead atoms. The molecule has 256 valence electrons. The molecule has 0 aliphatic carbocycles. The van der Waals surface area contributed by atoms with Crippen LogP contribution in [0.5, 0.6) is 0 Å². The molecule has 2 rings (SSSR count). The summed E-state index contributed by atoms with van der Waals surface area (Å²) in [4.78, 5) is 81.0. The predicted molar refractivity (Wildman–Crippen MR) is 174 cm³/mol. The van der Waals surface area contributed by atoms with Crippen LogP contribution in [0.1, 0.15) is 81.5 Å². The number of benzene rings is 2. The number of carbonyl (C=O) groups is 7.